The van der Waals surface area contributed by atoms with Crippen LogP contribution in [0.15, 0.2) is 72.8 Å². The molecule has 8 atom stereocenters. The monoisotopic (exact) mass is 1190 g/mol. The molecule has 1 aliphatic heterocycles. The van der Waals surface area contributed by atoms with E-state index in [1.165, 1.54) is 51.8 Å². The van der Waals surface area contributed by atoms with Crippen molar-refractivity contribution in [3.8, 4) is 0 Å². The maximum Gasteiger partial charge on any atom is 0.329 e. The highest BCUT2D eigenvalue weighted by Crippen LogP contribution is 2.26. The van der Waals surface area contributed by atoms with Crippen molar-refractivity contribution >= 4 is 47.5 Å². The minimum Gasteiger partial charge on any atom is -0.451 e. The number of aromatic nitrogens is 2. The molecule has 0 N–H and O–H groups in total. The van der Waals surface area contributed by atoms with Gasteiger partial charge >= 0.3 is 23.9 Å². The standard InChI is InChI=1S/C68H94N6O12/c1-39(2)31-55-65(79)83-47(13)61(75)71(15)58(34-42(7)8)68(82)86-60(38-52-27-23-50(24-28-52)36-54-30-20-44(10)70-46(54)12)64(78)74(18)56(32-40(3)4)66(80)84-48(14)62(76)72(16)57(33-41(5)6)67(81)85-59(63(77)73(55)17)37-51-25-21-49(22-26-51)35-53-29-19-43(9)69-45(53)11/h19-30,39-42,47-48,55-60H,31-38H2,1-18H3/t47-,48-,55+,56+,57+,58+,59-,60-/m1/s1. The van der Waals surface area contributed by atoms with Gasteiger partial charge in [-0.1, -0.05) is 116 Å². The van der Waals surface area contributed by atoms with Gasteiger partial charge in [0.15, 0.2) is 24.4 Å². The Morgan fingerprint density at radius 2 is 0.628 bits per heavy atom. The summed E-state index contributed by atoms with van der Waals surface area (Å²) >= 11 is 0. The van der Waals surface area contributed by atoms with Gasteiger partial charge in [0.25, 0.3) is 23.6 Å². The minimum absolute atomic E-state index is 0.0844. The second-order valence-corrected chi connectivity index (χ2v) is 25.2. The van der Waals surface area contributed by atoms with Gasteiger partial charge in [0.2, 0.25) is 0 Å². The highest BCUT2D eigenvalue weighted by molar-refractivity contribution is 5.94. The van der Waals surface area contributed by atoms with E-state index in [-0.39, 0.29) is 62.2 Å². The Hall–Kier alpha value is -7.50. The normalized spacial score (nSPS) is 22.4. The number of amides is 4. The third-order valence-electron chi connectivity index (χ3n) is 15.8. The zero-order valence-electron chi connectivity index (χ0n) is 54.1. The molecule has 4 aromatic rings. The summed E-state index contributed by atoms with van der Waals surface area (Å²) in [5, 5.41) is 0. The molecule has 0 aliphatic carbocycles. The number of pyridine rings is 2. The van der Waals surface area contributed by atoms with Crippen molar-refractivity contribution in [2.45, 2.75) is 197 Å². The number of esters is 4. The number of carbonyl (C=O) groups excluding carboxylic acids is 8. The Labute approximate surface area is 510 Å². The van der Waals surface area contributed by atoms with Crippen molar-refractivity contribution in [2.75, 3.05) is 28.2 Å². The first-order chi connectivity index (χ1) is 40.3. The largest absolute Gasteiger partial charge is 0.451 e. The van der Waals surface area contributed by atoms with Gasteiger partial charge in [0, 0.05) is 63.8 Å². The maximum atomic E-state index is 15.1. The second-order valence-electron chi connectivity index (χ2n) is 25.2. The van der Waals surface area contributed by atoms with Crippen molar-refractivity contribution < 1.29 is 57.3 Å². The van der Waals surface area contributed by atoms with Crippen LogP contribution in [0, 0.1) is 51.4 Å². The molecule has 18 nitrogen and oxygen atoms in total. The van der Waals surface area contributed by atoms with Crippen LogP contribution in [-0.2, 0) is 83.0 Å². The average Bonchev–Trinajstić information content (AvgIpc) is 2.08. The van der Waals surface area contributed by atoms with E-state index in [1.807, 2.05) is 156 Å². The summed E-state index contributed by atoms with van der Waals surface area (Å²) in [6.45, 7) is 25.4. The lowest BCUT2D eigenvalue weighted by molar-refractivity contribution is -0.176. The first-order valence-corrected chi connectivity index (χ1v) is 30.3. The van der Waals surface area contributed by atoms with Crippen molar-refractivity contribution in [3.05, 3.63) is 129 Å². The fourth-order valence-electron chi connectivity index (χ4n) is 10.7. The maximum absolute atomic E-state index is 15.1. The van der Waals surface area contributed by atoms with Gasteiger partial charge in [-0.3, -0.25) is 29.1 Å². The zero-order valence-corrected chi connectivity index (χ0v) is 54.1. The third kappa shape index (κ3) is 19.3. The molecule has 1 fully saturated rings. The lowest BCUT2D eigenvalue weighted by atomic mass is 9.98. The van der Waals surface area contributed by atoms with Gasteiger partial charge in [0.05, 0.1) is 0 Å². The zero-order chi connectivity index (χ0) is 64.0. The fraction of sp³-hybridized carbons (Fsp3) is 0.559. The second kappa shape index (κ2) is 31.2. The summed E-state index contributed by atoms with van der Waals surface area (Å²) in [6.07, 6.45) is -4.75. The molecule has 2 aromatic carbocycles. The van der Waals surface area contributed by atoms with E-state index in [0.717, 1.165) is 54.8 Å². The van der Waals surface area contributed by atoms with Crippen LogP contribution in [0.4, 0.5) is 0 Å². The number of hydrogen-bond acceptors (Lipinski definition) is 14. The lowest BCUT2D eigenvalue weighted by Gasteiger charge is -2.35. The number of aryl methyl sites for hydroxylation is 4. The van der Waals surface area contributed by atoms with E-state index >= 15 is 9.59 Å². The fourth-order valence-corrected chi connectivity index (χ4v) is 10.7. The molecule has 5 rings (SSSR count). The molecule has 86 heavy (non-hydrogen) atoms. The van der Waals surface area contributed by atoms with Gasteiger partial charge in [-0.25, -0.2) is 19.2 Å². The van der Waals surface area contributed by atoms with Crippen LogP contribution in [0.3, 0.4) is 0 Å². The third-order valence-corrected chi connectivity index (χ3v) is 15.8. The highest BCUT2D eigenvalue weighted by atomic mass is 16.6. The summed E-state index contributed by atoms with van der Waals surface area (Å²) < 4.78 is 24.4. The first-order valence-electron chi connectivity index (χ1n) is 30.3. The van der Waals surface area contributed by atoms with Crippen LogP contribution in [0.25, 0.3) is 0 Å². The number of ether oxygens (including phenoxy) is 4. The van der Waals surface area contributed by atoms with Crippen LogP contribution in [0.1, 0.15) is 151 Å². The van der Waals surface area contributed by atoms with E-state index in [2.05, 4.69) is 9.97 Å². The van der Waals surface area contributed by atoms with Crippen molar-refractivity contribution in [1.82, 2.24) is 29.6 Å². The van der Waals surface area contributed by atoms with Crippen LogP contribution in [0.5, 0.6) is 0 Å². The molecule has 0 bridgehead atoms. The molecule has 0 spiro atoms. The van der Waals surface area contributed by atoms with Crippen molar-refractivity contribution in [1.29, 1.82) is 0 Å². The van der Waals surface area contributed by atoms with Crippen LogP contribution >= 0.6 is 0 Å². The molecule has 4 amide bonds. The Morgan fingerprint density at radius 3 is 0.895 bits per heavy atom. The number of rotatable bonds is 16. The Bertz CT molecular complexity index is 2800. The molecular formula is C68H94N6O12. The topological polar surface area (TPSA) is 212 Å². The molecular weight excluding hydrogens is 1090 g/mol. The van der Waals surface area contributed by atoms with Crippen molar-refractivity contribution in [3.63, 3.8) is 0 Å². The number of cyclic esters (lactones) is 4. The Balaban J connectivity index is 1.59. The highest BCUT2D eigenvalue weighted by Gasteiger charge is 2.43. The first kappa shape index (κ1) is 69.3. The van der Waals surface area contributed by atoms with Crippen LogP contribution < -0.4 is 0 Å². The Kier molecular flexibility index (Phi) is 25.2. The van der Waals surface area contributed by atoms with Crippen LogP contribution in [-0.4, -0.2) is 154 Å². The van der Waals surface area contributed by atoms with Gasteiger partial charge in [-0.05, 0) is 149 Å². The summed E-state index contributed by atoms with van der Waals surface area (Å²) in [7, 11) is 5.61. The summed E-state index contributed by atoms with van der Waals surface area (Å²) in [5.74, 6) is -7.39. The molecule has 468 valence electrons. The minimum atomic E-state index is -1.53. The summed E-state index contributed by atoms with van der Waals surface area (Å²) in [4.78, 5) is 132. The number of hydrogen-bond donors (Lipinski definition) is 0. The van der Waals surface area contributed by atoms with Crippen molar-refractivity contribution in [2.24, 2.45) is 23.7 Å². The molecule has 2 aromatic heterocycles. The molecule has 0 saturated carbocycles. The van der Waals surface area contributed by atoms with Gasteiger partial charge in [0.1, 0.15) is 24.2 Å². The van der Waals surface area contributed by atoms with E-state index in [9.17, 15) is 28.8 Å². The van der Waals surface area contributed by atoms with Gasteiger partial charge < -0.3 is 38.5 Å². The molecule has 1 saturated heterocycles. The SMILES string of the molecule is Cc1ccc(Cc2ccc(C[C@H]3OC(=O)[C@H](CC(C)C)N(C)C(=O)[C@@H](C)OC(=O)[C@H](CC(C)C)N(C)C(=O)[C@@H](Cc4ccc(Cc5ccc(C)nc5C)cc4)OC(=O)[C@H](CC(C)C)N(C)C(=O)[C@@H](C)OC(=O)[C@H](CC(C)C)N(C)C3=O)cc2)c(C)n1. The summed E-state index contributed by atoms with van der Waals surface area (Å²) in [6, 6.07) is 17.9. The van der Waals surface area contributed by atoms with Crippen LogP contribution in [0.2, 0.25) is 0 Å². The predicted octanol–water partition coefficient (Wildman–Crippen LogP) is 8.87. The molecule has 1 aliphatic rings. The smallest absolute Gasteiger partial charge is 0.329 e. The molecule has 18 heteroatoms. The summed E-state index contributed by atoms with van der Waals surface area (Å²) in [5.41, 5.74) is 8.95. The van der Waals surface area contributed by atoms with E-state index in [4.69, 9.17) is 18.9 Å². The van der Waals surface area contributed by atoms with Gasteiger partial charge in [-0.15, -0.1) is 0 Å². The van der Waals surface area contributed by atoms with Gasteiger partial charge in [-0.2, -0.15) is 0 Å². The molecule has 0 radical (unpaired) electrons. The van der Waals surface area contributed by atoms with E-state index < -0.39 is 96.1 Å². The number of likely N-dealkylation sites (N-methyl/N-ethyl adjacent to an activating group) is 4. The molecule has 0 unspecified atom stereocenters. The Morgan fingerprint density at radius 1 is 0.372 bits per heavy atom. The average molecular weight is 1190 g/mol. The predicted molar refractivity (Wildman–Crippen MR) is 328 cm³/mol. The number of benzene rings is 2. The quantitative estimate of drug-likeness (QED) is 0.0758. The molecule has 3 heterocycles. The van der Waals surface area contributed by atoms with E-state index in [0.29, 0.717) is 24.0 Å². The number of carbonyl (C=O) groups is 8. The number of nitrogens with zero attached hydrogens (tertiary/aromatic N) is 6. The van der Waals surface area contributed by atoms with E-state index in [1.54, 1.807) is 0 Å². The lowest BCUT2D eigenvalue weighted by Crippen LogP contribution is -2.55.